The average Bonchev–Trinajstić information content (AvgIpc) is 3.24. The highest BCUT2D eigenvalue weighted by Gasteiger charge is 2.20. The molecule has 0 aliphatic heterocycles. The minimum Gasteiger partial charge on any atom is -0.497 e. The van der Waals surface area contributed by atoms with E-state index in [1.165, 1.54) is 23.1 Å². The van der Waals surface area contributed by atoms with Gasteiger partial charge in [-0.25, -0.2) is 4.98 Å². The van der Waals surface area contributed by atoms with E-state index in [0.29, 0.717) is 22.8 Å². The molecule has 174 valence electrons. The van der Waals surface area contributed by atoms with E-state index in [2.05, 4.69) is 15.6 Å². The third-order valence-corrected chi connectivity index (χ3v) is 7.43. The molecule has 0 aliphatic rings. The SMILES string of the molecule is CCC(Sc1cccc(NC(=O)c2cccc(C)c2)c1)C(=O)Nc1nc2ccc(OC)cc2s1. The molecule has 0 saturated heterocycles. The number of benzene rings is 3. The molecule has 0 fully saturated rings. The fourth-order valence-electron chi connectivity index (χ4n) is 3.39. The van der Waals surface area contributed by atoms with E-state index in [9.17, 15) is 9.59 Å². The van der Waals surface area contributed by atoms with Crippen LogP contribution in [0.5, 0.6) is 5.75 Å². The molecule has 1 atom stereocenters. The zero-order valence-corrected chi connectivity index (χ0v) is 20.8. The first-order valence-corrected chi connectivity index (χ1v) is 12.5. The van der Waals surface area contributed by atoms with Gasteiger partial charge in [-0.1, -0.05) is 42.0 Å². The number of hydrogen-bond donors (Lipinski definition) is 2. The maximum atomic E-state index is 13.0. The molecule has 0 aliphatic carbocycles. The zero-order valence-electron chi connectivity index (χ0n) is 19.1. The summed E-state index contributed by atoms with van der Waals surface area (Å²) in [6.45, 7) is 3.93. The molecule has 6 nitrogen and oxygen atoms in total. The number of aromatic nitrogens is 1. The number of nitrogens with one attached hydrogen (secondary N) is 2. The summed E-state index contributed by atoms with van der Waals surface area (Å²) >= 11 is 2.88. The van der Waals surface area contributed by atoms with Crippen molar-refractivity contribution in [3.63, 3.8) is 0 Å². The van der Waals surface area contributed by atoms with Crippen LogP contribution in [0.4, 0.5) is 10.8 Å². The number of aryl methyl sites for hydroxylation is 1. The number of ether oxygens (including phenoxy) is 1. The number of methoxy groups -OCH3 is 1. The summed E-state index contributed by atoms with van der Waals surface area (Å²) in [6, 6.07) is 20.6. The lowest BCUT2D eigenvalue weighted by Crippen LogP contribution is -2.24. The van der Waals surface area contributed by atoms with E-state index < -0.39 is 0 Å². The van der Waals surface area contributed by atoms with E-state index in [0.717, 1.165) is 26.4 Å². The largest absolute Gasteiger partial charge is 0.497 e. The van der Waals surface area contributed by atoms with E-state index >= 15 is 0 Å². The number of carbonyl (C=O) groups excluding carboxylic acids is 2. The molecule has 2 N–H and O–H groups in total. The Morgan fingerprint density at radius 1 is 1.06 bits per heavy atom. The number of carbonyl (C=O) groups is 2. The molecule has 0 radical (unpaired) electrons. The normalized spacial score (nSPS) is 11.7. The van der Waals surface area contributed by atoms with Crippen molar-refractivity contribution in [2.75, 3.05) is 17.7 Å². The van der Waals surface area contributed by atoms with Crippen molar-refractivity contribution in [1.82, 2.24) is 4.98 Å². The Morgan fingerprint density at radius 3 is 2.65 bits per heavy atom. The van der Waals surface area contributed by atoms with Crippen molar-refractivity contribution >= 4 is 55.9 Å². The lowest BCUT2D eigenvalue weighted by atomic mass is 10.1. The van der Waals surface area contributed by atoms with E-state index in [1.54, 1.807) is 13.2 Å². The fourth-order valence-corrected chi connectivity index (χ4v) is 5.31. The van der Waals surface area contributed by atoms with Crippen molar-refractivity contribution < 1.29 is 14.3 Å². The average molecular weight is 492 g/mol. The molecule has 0 saturated carbocycles. The summed E-state index contributed by atoms with van der Waals surface area (Å²) in [4.78, 5) is 31.0. The zero-order chi connectivity index (χ0) is 24.1. The summed E-state index contributed by atoms with van der Waals surface area (Å²) in [6.07, 6.45) is 0.648. The first-order chi connectivity index (χ1) is 16.4. The summed E-state index contributed by atoms with van der Waals surface area (Å²) in [5, 5.41) is 6.15. The van der Waals surface area contributed by atoms with E-state index in [4.69, 9.17) is 4.74 Å². The van der Waals surface area contributed by atoms with Crippen LogP contribution in [0.25, 0.3) is 10.2 Å². The quantitative estimate of drug-likeness (QED) is 0.280. The Morgan fingerprint density at radius 2 is 1.88 bits per heavy atom. The van der Waals surface area contributed by atoms with Gasteiger partial charge in [0.1, 0.15) is 5.75 Å². The van der Waals surface area contributed by atoms with Crippen molar-refractivity contribution in [3.05, 3.63) is 77.9 Å². The summed E-state index contributed by atoms with van der Waals surface area (Å²) in [5.74, 6) is 0.487. The number of amides is 2. The molecule has 4 rings (SSSR count). The minimum absolute atomic E-state index is 0.104. The highest BCUT2D eigenvalue weighted by atomic mass is 32.2. The van der Waals surface area contributed by atoms with Crippen LogP contribution in [-0.2, 0) is 4.79 Å². The van der Waals surface area contributed by atoms with Crippen LogP contribution in [0.2, 0.25) is 0 Å². The Kier molecular flexibility index (Phi) is 7.49. The van der Waals surface area contributed by atoms with Crippen molar-refractivity contribution in [2.45, 2.75) is 30.4 Å². The van der Waals surface area contributed by atoms with E-state index in [-0.39, 0.29) is 17.1 Å². The summed E-state index contributed by atoms with van der Waals surface area (Å²) in [7, 11) is 1.62. The van der Waals surface area contributed by atoms with Gasteiger partial charge in [-0.2, -0.15) is 0 Å². The monoisotopic (exact) mass is 491 g/mol. The summed E-state index contributed by atoms with van der Waals surface area (Å²) < 4.78 is 6.21. The van der Waals surface area contributed by atoms with Gasteiger partial charge in [0.25, 0.3) is 5.91 Å². The third-order valence-electron chi connectivity index (χ3n) is 5.14. The molecular weight excluding hydrogens is 466 g/mol. The number of thiazole rings is 1. The second kappa shape index (κ2) is 10.7. The lowest BCUT2D eigenvalue weighted by Gasteiger charge is -2.14. The molecule has 1 heterocycles. The summed E-state index contributed by atoms with van der Waals surface area (Å²) in [5.41, 5.74) is 3.14. The molecule has 34 heavy (non-hydrogen) atoms. The number of hydrogen-bond acceptors (Lipinski definition) is 6. The van der Waals surface area contributed by atoms with Gasteiger partial charge in [0.05, 0.1) is 22.6 Å². The maximum Gasteiger partial charge on any atom is 0.255 e. The number of anilines is 2. The highest BCUT2D eigenvalue weighted by molar-refractivity contribution is 8.00. The topological polar surface area (TPSA) is 80.3 Å². The van der Waals surface area contributed by atoms with Crippen LogP contribution in [-0.4, -0.2) is 29.2 Å². The number of fused-ring (bicyclic) bond motifs is 1. The number of rotatable bonds is 8. The molecule has 0 spiro atoms. The fraction of sp³-hybridized carbons (Fsp3) is 0.192. The number of nitrogens with zero attached hydrogens (tertiary/aromatic N) is 1. The maximum absolute atomic E-state index is 13.0. The van der Waals surface area contributed by atoms with Gasteiger partial charge in [-0.15, -0.1) is 11.8 Å². The van der Waals surface area contributed by atoms with Crippen molar-refractivity contribution in [3.8, 4) is 5.75 Å². The molecule has 4 aromatic rings. The molecule has 2 amide bonds. The van der Waals surface area contributed by atoms with Gasteiger partial charge < -0.3 is 15.4 Å². The standard InChI is InChI=1S/C26H25N3O3S2/c1-4-22(25(31)29-26-28-21-12-11-19(32-3)15-23(21)34-26)33-20-10-6-9-18(14-20)27-24(30)17-8-5-7-16(2)13-17/h5-15,22H,4H2,1-3H3,(H,27,30)(H,28,29,31). The molecule has 0 bridgehead atoms. The van der Waals surface area contributed by atoms with Crippen molar-refractivity contribution in [1.29, 1.82) is 0 Å². The van der Waals surface area contributed by atoms with Crippen LogP contribution < -0.4 is 15.4 Å². The van der Waals surface area contributed by atoms with Crippen molar-refractivity contribution in [2.24, 2.45) is 0 Å². The van der Waals surface area contributed by atoms with Crippen LogP contribution in [0.3, 0.4) is 0 Å². The van der Waals surface area contributed by atoms with Crippen LogP contribution in [0.15, 0.2) is 71.6 Å². The predicted octanol–water partition coefficient (Wildman–Crippen LogP) is 6.38. The molecular formula is C26H25N3O3S2. The van der Waals surface area contributed by atoms with Gasteiger partial charge in [0.2, 0.25) is 5.91 Å². The highest BCUT2D eigenvalue weighted by Crippen LogP contribution is 2.32. The molecule has 3 aromatic carbocycles. The van der Waals surface area contributed by atoms with Gasteiger partial charge in [0.15, 0.2) is 5.13 Å². The second-order valence-electron chi connectivity index (χ2n) is 7.71. The predicted molar refractivity (Wildman–Crippen MR) is 140 cm³/mol. The second-order valence-corrected chi connectivity index (χ2v) is 10.0. The smallest absolute Gasteiger partial charge is 0.255 e. The molecule has 1 aromatic heterocycles. The number of thioether (sulfide) groups is 1. The van der Waals surface area contributed by atoms with Crippen LogP contribution in [0.1, 0.15) is 29.3 Å². The van der Waals surface area contributed by atoms with Crippen LogP contribution in [0, 0.1) is 6.92 Å². The van der Waals surface area contributed by atoms with Gasteiger partial charge in [-0.05, 0) is 61.9 Å². The van der Waals surface area contributed by atoms with E-state index in [1.807, 2.05) is 74.5 Å². The first kappa shape index (κ1) is 23.8. The van der Waals surface area contributed by atoms with Gasteiger partial charge in [0, 0.05) is 16.1 Å². The Hall–Kier alpha value is -3.36. The Balaban J connectivity index is 1.42. The van der Waals surface area contributed by atoms with Gasteiger partial charge in [-0.3, -0.25) is 9.59 Å². The third kappa shape index (κ3) is 5.76. The van der Waals surface area contributed by atoms with Gasteiger partial charge >= 0.3 is 0 Å². The Bertz CT molecular complexity index is 1340. The Labute approximate surface area is 206 Å². The molecule has 8 heteroatoms. The van der Waals surface area contributed by atoms with Crippen LogP contribution >= 0.6 is 23.1 Å². The molecule has 1 unspecified atom stereocenters. The lowest BCUT2D eigenvalue weighted by molar-refractivity contribution is -0.115. The first-order valence-electron chi connectivity index (χ1n) is 10.9. The minimum atomic E-state index is -0.302.